The maximum atomic E-state index is 12.8. The SMILES string of the molecule is COc1ccc2ncc(NC(=O)Nc3cc(C(F)(F)F)nn3C)c(C(C)OC)c2n1. The first kappa shape index (κ1) is 21.3. The van der Waals surface area contributed by atoms with E-state index in [1.165, 1.54) is 27.5 Å². The van der Waals surface area contributed by atoms with E-state index in [1.807, 2.05) is 0 Å². The van der Waals surface area contributed by atoms with Crippen molar-refractivity contribution >= 4 is 28.6 Å². The number of amides is 2. The van der Waals surface area contributed by atoms with Gasteiger partial charge in [0.25, 0.3) is 0 Å². The molecule has 9 nitrogen and oxygen atoms in total. The molecule has 3 aromatic rings. The van der Waals surface area contributed by atoms with Gasteiger partial charge < -0.3 is 14.8 Å². The number of carbonyl (C=O) groups is 1. The van der Waals surface area contributed by atoms with E-state index >= 15 is 0 Å². The molecule has 0 bridgehead atoms. The predicted octanol–water partition coefficient (Wildman–Crippen LogP) is 3.74. The van der Waals surface area contributed by atoms with Crippen LogP contribution in [0.4, 0.5) is 29.5 Å². The van der Waals surface area contributed by atoms with Gasteiger partial charge in [-0.2, -0.15) is 18.3 Å². The summed E-state index contributed by atoms with van der Waals surface area (Å²) in [5.74, 6) is 0.222. The standard InChI is InChI=1S/C18H19F3N6O3/c1-9(29-3)15-11(8-22-10-5-6-14(30-4)25-16(10)15)23-17(28)24-13-7-12(18(19,20)21)26-27(13)2/h5-9H,1-4H3,(H2,23,24,28). The van der Waals surface area contributed by atoms with Crippen LogP contribution < -0.4 is 15.4 Å². The number of aromatic nitrogens is 4. The van der Waals surface area contributed by atoms with Crippen LogP contribution in [-0.2, 0) is 18.0 Å². The van der Waals surface area contributed by atoms with Crippen LogP contribution in [-0.4, -0.2) is 40.0 Å². The third-order valence-corrected chi connectivity index (χ3v) is 4.36. The van der Waals surface area contributed by atoms with Crippen molar-refractivity contribution in [2.45, 2.75) is 19.2 Å². The van der Waals surface area contributed by atoms with E-state index in [2.05, 4.69) is 25.7 Å². The normalized spacial score (nSPS) is 12.6. The minimum absolute atomic E-state index is 0.130. The van der Waals surface area contributed by atoms with E-state index in [-0.39, 0.29) is 11.5 Å². The third-order valence-electron chi connectivity index (χ3n) is 4.36. The van der Waals surface area contributed by atoms with Crippen molar-refractivity contribution in [1.82, 2.24) is 19.7 Å². The fraction of sp³-hybridized carbons (Fsp3) is 0.333. The van der Waals surface area contributed by atoms with Crippen molar-refractivity contribution in [3.05, 3.63) is 35.7 Å². The van der Waals surface area contributed by atoms with Crippen LogP contribution in [0.5, 0.6) is 5.88 Å². The van der Waals surface area contributed by atoms with Gasteiger partial charge in [-0.25, -0.2) is 9.78 Å². The van der Waals surface area contributed by atoms with Gasteiger partial charge in [0.05, 0.1) is 30.6 Å². The number of methoxy groups -OCH3 is 2. The van der Waals surface area contributed by atoms with Crippen LogP contribution in [0.1, 0.15) is 24.3 Å². The van der Waals surface area contributed by atoms with Crippen LogP contribution in [0.25, 0.3) is 11.0 Å². The fourth-order valence-electron chi connectivity index (χ4n) is 2.80. The predicted molar refractivity (Wildman–Crippen MR) is 102 cm³/mol. The topological polar surface area (TPSA) is 103 Å². The molecule has 0 spiro atoms. The van der Waals surface area contributed by atoms with Gasteiger partial charge in [0.1, 0.15) is 11.3 Å². The minimum atomic E-state index is -4.62. The summed E-state index contributed by atoms with van der Waals surface area (Å²) in [6.07, 6.45) is -3.67. The van der Waals surface area contributed by atoms with E-state index in [0.29, 0.717) is 22.5 Å². The largest absolute Gasteiger partial charge is 0.481 e. The highest BCUT2D eigenvalue weighted by Crippen LogP contribution is 2.32. The Hall–Kier alpha value is -3.41. The van der Waals surface area contributed by atoms with Gasteiger partial charge in [-0.05, 0) is 13.0 Å². The van der Waals surface area contributed by atoms with Crippen LogP contribution in [0, 0.1) is 0 Å². The summed E-state index contributed by atoms with van der Waals surface area (Å²) < 4.78 is 49.9. The Morgan fingerprint density at radius 2 is 1.97 bits per heavy atom. The molecule has 3 aromatic heterocycles. The van der Waals surface area contributed by atoms with Crippen molar-refractivity contribution in [1.29, 1.82) is 0 Å². The molecule has 12 heteroatoms. The molecule has 3 heterocycles. The molecule has 0 aromatic carbocycles. The molecule has 0 fully saturated rings. The zero-order chi connectivity index (χ0) is 22.1. The van der Waals surface area contributed by atoms with Crippen molar-refractivity contribution in [3.8, 4) is 5.88 Å². The molecule has 2 amide bonds. The average Bonchev–Trinajstić information content (AvgIpc) is 3.07. The summed E-state index contributed by atoms with van der Waals surface area (Å²) in [5, 5.41) is 8.28. The maximum Gasteiger partial charge on any atom is 0.435 e. The molecule has 2 N–H and O–H groups in total. The van der Waals surface area contributed by atoms with Crippen molar-refractivity contribution in [3.63, 3.8) is 0 Å². The number of halogens is 3. The molecular formula is C18H19F3N6O3. The van der Waals surface area contributed by atoms with Gasteiger partial charge in [-0.3, -0.25) is 15.0 Å². The molecule has 1 atom stereocenters. The molecule has 0 aliphatic carbocycles. The molecule has 160 valence electrons. The number of fused-ring (bicyclic) bond motifs is 1. The van der Waals surface area contributed by atoms with E-state index < -0.39 is 24.0 Å². The number of carbonyl (C=O) groups excluding carboxylic acids is 1. The van der Waals surface area contributed by atoms with Crippen molar-refractivity contribution in [2.24, 2.45) is 7.05 Å². The Bertz CT molecular complexity index is 1080. The minimum Gasteiger partial charge on any atom is -0.481 e. The number of hydrogen-bond donors (Lipinski definition) is 2. The monoisotopic (exact) mass is 424 g/mol. The Labute approximate surface area is 169 Å². The number of nitrogens with one attached hydrogen (secondary N) is 2. The molecule has 0 saturated heterocycles. The second kappa shape index (κ2) is 8.14. The number of anilines is 2. The summed E-state index contributed by atoms with van der Waals surface area (Å²) in [6.45, 7) is 1.76. The number of pyridine rings is 2. The van der Waals surface area contributed by atoms with Crippen LogP contribution in [0.3, 0.4) is 0 Å². The lowest BCUT2D eigenvalue weighted by atomic mass is 10.1. The molecule has 1 unspecified atom stereocenters. The smallest absolute Gasteiger partial charge is 0.435 e. The number of rotatable bonds is 5. The Morgan fingerprint density at radius 1 is 1.23 bits per heavy atom. The van der Waals surface area contributed by atoms with Gasteiger partial charge >= 0.3 is 12.2 Å². The number of aryl methyl sites for hydroxylation is 1. The number of urea groups is 1. The molecule has 0 saturated carbocycles. The number of hydrogen-bond acceptors (Lipinski definition) is 6. The fourth-order valence-corrected chi connectivity index (χ4v) is 2.80. The van der Waals surface area contributed by atoms with Crippen molar-refractivity contribution in [2.75, 3.05) is 24.9 Å². The van der Waals surface area contributed by atoms with Crippen LogP contribution in [0.15, 0.2) is 24.4 Å². The molecule has 3 rings (SSSR count). The lowest BCUT2D eigenvalue weighted by Gasteiger charge is -2.18. The first-order chi connectivity index (χ1) is 14.1. The van der Waals surface area contributed by atoms with Gasteiger partial charge in [0.15, 0.2) is 5.69 Å². The summed E-state index contributed by atoms with van der Waals surface area (Å²) in [7, 11) is 4.26. The first-order valence-corrected chi connectivity index (χ1v) is 8.69. The second-order valence-corrected chi connectivity index (χ2v) is 6.30. The molecule has 30 heavy (non-hydrogen) atoms. The Morgan fingerprint density at radius 3 is 2.57 bits per heavy atom. The molecule has 0 aliphatic rings. The van der Waals surface area contributed by atoms with Gasteiger partial charge in [0.2, 0.25) is 5.88 Å². The summed E-state index contributed by atoms with van der Waals surface area (Å²) in [4.78, 5) is 21.1. The molecule has 0 aliphatic heterocycles. The quantitative estimate of drug-likeness (QED) is 0.647. The number of alkyl halides is 3. The number of ether oxygens (including phenoxy) is 2. The summed E-state index contributed by atoms with van der Waals surface area (Å²) in [6, 6.07) is 3.33. The van der Waals surface area contributed by atoms with Gasteiger partial charge in [0, 0.05) is 31.9 Å². The van der Waals surface area contributed by atoms with E-state index in [9.17, 15) is 18.0 Å². The van der Waals surface area contributed by atoms with Crippen LogP contribution >= 0.6 is 0 Å². The summed E-state index contributed by atoms with van der Waals surface area (Å²) >= 11 is 0. The average molecular weight is 424 g/mol. The van der Waals surface area contributed by atoms with Gasteiger partial charge in [-0.1, -0.05) is 0 Å². The van der Waals surface area contributed by atoms with Crippen molar-refractivity contribution < 1.29 is 27.4 Å². The second-order valence-electron chi connectivity index (χ2n) is 6.30. The highest BCUT2D eigenvalue weighted by Gasteiger charge is 2.34. The molecule has 0 radical (unpaired) electrons. The Kier molecular flexibility index (Phi) is 5.78. The number of nitrogens with zero attached hydrogens (tertiary/aromatic N) is 4. The zero-order valence-corrected chi connectivity index (χ0v) is 16.5. The maximum absolute atomic E-state index is 12.8. The lowest BCUT2D eigenvalue weighted by Crippen LogP contribution is -2.22. The lowest BCUT2D eigenvalue weighted by molar-refractivity contribution is -0.141. The summed E-state index contributed by atoms with van der Waals surface area (Å²) in [5.41, 5.74) is 0.729. The van der Waals surface area contributed by atoms with E-state index in [4.69, 9.17) is 9.47 Å². The zero-order valence-electron chi connectivity index (χ0n) is 16.5. The van der Waals surface area contributed by atoms with Gasteiger partial charge in [-0.15, -0.1) is 0 Å². The van der Waals surface area contributed by atoms with E-state index in [1.54, 1.807) is 19.1 Å². The highest BCUT2D eigenvalue weighted by molar-refractivity contribution is 6.01. The molecular weight excluding hydrogens is 405 g/mol. The van der Waals surface area contributed by atoms with E-state index in [0.717, 1.165) is 10.7 Å². The highest BCUT2D eigenvalue weighted by atomic mass is 19.4. The third kappa shape index (κ3) is 4.27. The van der Waals surface area contributed by atoms with Crippen LogP contribution in [0.2, 0.25) is 0 Å². The first-order valence-electron chi connectivity index (χ1n) is 8.69. The Balaban J connectivity index is 1.93.